The average molecular weight is 231 g/mol. The zero-order chi connectivity index (χ0) is 12.3. The zero-order valence-corrected chi connectivity index (χ0v) is 10.3. The van der Waals surface area contributed by atoms with Crippen LogP contribution in [0, 0.1) is 25.2 Å². The second-order valence-electron chi connectivity index (χ2n) is 4.44. The second kappa shape index (κ2) is 5.15. The summed E-state index contributed by atoms with van der Waals surface area (Å²) in [5.41, 5.74) is 2.39. The van der Waals surface area contributed by atoms with Crippen molar-refractivity contribution < 1.29 is 4.74 Å². The van der Waals surface area contributed by atoms with E-state index in [2.05, 4.69) is 16.4 Å². The lowest BCUT2D eigenvalue weighted by molar-refractivity contribution is 0.155. The summed E-state index contributed by atoms with van der Waals surface area (Å²) in [6, 6.07) is 4.09. The van der Waals surface area contributed by atoms with Crippen molar-refractivity contribution in [1.29, 1.82) is 5.26 Å². The van der Waals surface area contributed by atoms with Gasteiger partial charge in [-0.1, -0.05) is 0 Å². The van der Waals surface area contributed by atoms with Crippen molar-refractivity contribution in [2.45, 2.75) is 32.8 Å². The number of nitriles is 1. The lowest BCUT2D eigenvalue weighted by Gasteiger charge is -2.24. The largest absolute Gasteiger partial charge is 0.473 e. The molecule has 17 heavy (non-hydrogen) atoms. The first-order valence-corrected chi connectivity index (χ1v) is 5.96. The third-order valence-electron chi connectivity index (χ3n) is 2.99. The zero-order valence-electron chi connectivity index (χ0n) is 10.3. The summed E-state index contributed by atoms with van der Waals surface area (Å²) in [6.07, 6.45) is 2.12. The fourth-order valence-electron chi connectivity index (χ4n) is 2.09. The molecule has 90 valence electrons. The second-order valence-corrected chi connectivity index (χ2v) is 4.44. The van der Waals surface area contributed by atoms with Crippen LogP contribution >= 0.6 is 0 Å². The first kappa shape index (κ1) is 11.9. The molecule has 0 unspecified atom stereocenters. The number of hydrogen-bond donors (Lipinski definition) is 1. The van der Waals surface area contributed by atoms with Gasteiger partial charge in [-0.3, -0.25) is 0 Å². The summed E-state index contributed by atoms with van der Waals surface area (Å²) in [7, 11) is 0. The van der Waals surface area contributed by atoms with Crippen LogP contribution in [0.3, 0.4) is 0 Å². The topological polar surface area (TPSA) is 57.9 Å². The minimum Gasteiger partial charge on any atom is -0.473 e. The molecule has 1 aromatic rings. The molecule has 4 heteroatoms. The Hall–Kier alpha value is -1.60. The molecule has 4 nitrogen and oxygen atoms in total. The smallest absolute Gasteiger partial charge is 0.232 e. The maximum absolute atomic E-state index is 9.14. The van der Waals surface area contributed by atoms with E-state index in [0.717, 1.165) is 37.2 Å². The molecule has 0 aliphatic carbocycles. The van der Waals surface area contributed by atoms with E-state index in [9.17, 15) is 0 Å². The predicted molar refractivity (Wildman–Crippen MR) is 64.9 cm³/mol. The molecule has 2 heterocycles. The Morgan fingerprint density at radius 3 is 2.76 bits per heavy atom. The van der Waals surface area contributed by atoms with E-state index in [1.807, 2.05) is 19.9 Å². The van der Waals surface area contributed by atoms with E-state index in [4.69, 9.17) is 10.00 Å². The van der Waals surface area contributed by atoms with Crippen LogP contribution in [0.4, 0.5) is 0 Å². The standard InChI is InChI=1S/C13H17N3O/c1-9-7-10(2)16-13(12(9)8-14)17-11-3-5-15-6-4-11/h7,11,15H,3-6H2,1-2H3. The Morgan fingerprint density at radius 1 is 1.41 bits per heavy atom. The van der Waals surface area contributed by atoms with Gasteiger partial charge in [0, 0.05) is 5.69 Å². The molecule has 0 spiro atoms. The van der Waals surface area contributed by atoms with E-state index in [0.29, 0.717) is 11.4 Å². The Bertz CT molecular complexity index is 445. The molecule has 0 saturated carbocycles. The molecule has 2 rings (SSSR count). The van der Waals surface area contributed by atoms with E-state index < -0.39 is 0 Å². The summed E-state index contributed by atoms with van der Waals surface area (Å²) < 4.78 is 5.87. The first-order valence-electron chi connectivity index (χ1n) is 5.96. The molecule has 1 N–H and O–H groups in total. The Labute approximate surface area is 102 Å². The molecular formula is C13H17N3O. The number of piperidine rings is 1. The lowest BCUT2D eigenvalue weighted by Crippen LogP contribution is -2.34. The van der Waals surface area contributed by atoms with Crippen molar-refractivity contribution >= 4 is 0 Å². The predicted octanol–water partition coefficient (Wildman–Crippen LogP) is 1.70. The van der Waals surface area contributed by atoms with Crippen LogP contribution < -0.4 is 10.1 Å². The van der Waals surface area contributed by atoms with Crippen LogP contribution in [-0.4, -0.2) is 24.2 Å². The van der Waals surface area contributed by atoms with Crippen molar-refractivity contribution in [3.63, 3.8) is 0 Å². The van der Waals surface area contributed by atoms with Gasteiger partial charge in [0.15, 0.2) is 0 Å². The van der Waals surface area contributed by atoms with E-state index in [1.165, 1.54) is 0 Å². The van der Waals surface area contributed by atoms with Gasteiger partial charge in [-0.2, -0.15) is 5.26 Å². The third-order valence-corrected chi connectivity index (χ3v) is 2.99. The number of aromatic nitrogens is 1. The highest BCUT2D eigenvalue weighted by molar-refractivity contribution is 5.45. The summed E-state index contributed by atoms with van der Waals surface area (Å²) >= 11 is 0. The van der Waals surface area contributed by atoms with E-state index in [-0.39, 0.29) is 6.10 Å². The highest BCUT2D eigenvalue weighted by atomic mass is 16.5. The SMILES string of the molecule is Cc1cc(C)c(C#N)c(OC2CCNCC2)n1. The highest BCUT2D eigenvalue weighted by Gasteiger charge is 2.18. The maximum Gasteiger partial charge on any atom is 0.232 e. The summed E-state index contributed by atoms with van der Waals surface area (Å²) in [6.45, 7) is 5.78. The number of pyridine rings is 1. The monoisotopic (exact) mass is 231 g/mol. The van der Waals surface area contributed by atoms with Crippen LogP contribution in [0.15, 0.2) is 6.07 Å². The number of nitrogens with zero attached hydrogens (tertiary/aromatic N) is 2. The number of aryl methyl sites for hydroxylation is 2. The molecule has 1 aromatic heterocycles. The van der Waals surface area contributed by atoms with Gasteiger partial charge in [0.05, 0.1) is 0 Å². The molecule has 0 amide bonds. The minimum atomic E-state index is 0.178. The molecule has 0 atom stereocenters. The van der Waals surface area contributed by atoms with Crippen molar-refractivity contribution in [3.05, 3.63) is 22.9 Å². The van der Waals surface area contributed by atoms with E-state index in [1.54, 1.807) is 0 Å². The normalized spacial score (nSPS) is 16.5. The molecule has 1 fully saturated rings. The van der Waals surface area contributed by atoms with E-state index >= 15 is 0 Å². The van der Waals surface area contributed by atoms with Crippen LogP contribution in [0.5, 0.6) is 5.88 Å². The molecule has 1 aliphatic rings. The molecule has 0 aromatic carbocycles. The fourth-order valence-corrected chi connectivity index (χ4v) is 2.09. The number of hydrogen-bond acceptors (Lipinski definition) is 4. The average Bonchev–Trinajstić information content (AvgIpc) is 2.30. The van der Waals surface area contributed by atoms with Crippen LogP contribution in [-0.2, 0) is 0 Å². The maximum atomic E-state index is 9.14. The Kier molecular flexibility index (Phi) is 3.60. The van der Waals surface area contributed by atoms with Crippen molar-refractivity contribution in [1.82, 2.24) is 10.3 Å². The Balaban J connectivity index is 2.22. The molecule has 0 radical (unpaired) electrons. The fraction of sp³-hybridized carbons (Fsp3) is 0.538. The molecule has 1 saturated heterocycles. The Morgan fingerprint density at radius 2 is 2.12 bits per heavy atom. The van der Waals surface area contributed by atoms with Gasteiger partial charge in [-0.25, -0.2) is 4.98 Å². The minimum absolute atomic E-state index is 0.178. The van der Waals surface area contributed by atoms with Gasteiger partial charge >= 0.3 is 0 Å². The lowest BCUT2D eigenvalue weighted by atomic mass is 10.1. The van der Waals surface area contributed by atoms with Crippen LogP contribution in [0.2, 0.25) is 0 Å². The first-order chi connectivity index (χ1) is 8.20. The van der Waals surface area contributed by atoms with Crippen LogP contribution in [0.1, 0.15) is 29.7 Å². The molecule has 0 bridgehead atoms. The quantitative estimate of drug-likeness (QED) is 0.841. The number of rotatable bonds is 2. The van der Waals surface area contributed by atoms with Gasteiger partial charge in [0.25, 0.3) is 0 Å². The number of nitrogens with one attached hydrogen (secondary N) is 1. The van der Waals surface area contributed by atoms with Crippen molar-refractivity contribution in [2.75, 3.05) is 13.1 Å². The van der Waals surface area contributed by atoms with Gasteiger partial charge in [0.2, 0.25) is 5.88 Å². The summed E-state index contributed by atoms with van der Waals surface area (Å²) in [5, 5.41) is 12.4. The highest BCUT2D eigenvalue weighted by Crippen LogP contribution is 2.22. The summed E-state index contributed by atoms with van der Waals surface area (Å²) in [4.78, 5) is 4.33. The van der Waals surface area contributed by atoms with Crippen LogP contribution in [0.25, 0.3) is 0 Å². The van der Waals surface area contributed by atoms with Crippen molar-refractivity contribution in [3.8, 4) is 11.9 Å². The van der Waals surface area contributed by atoms with Gasteiger partial charge in [-0.15, -0.1) is 0 Å². The van der Waals surface area contributed by atoms with Gasteiger partial charge < -0.3 is 10.1 Å². The molecule has 1 aliphatic heterocycles. The molecular weight excluding hydrogens is 214 g/mol. The van der Waals surface area contributed by atoms with Gasteiger partial charge in [0.1, 0.15) is 17.7 Å². The van der Waals surface area contributed by atoms with Gasteiger partial charge in [-0.05, 0) is 51.4 Å². The summed E-state index contributed by atoms with van der Waals surface area (Å²) in [5.74, 6) is 0.497. The third kappa shape index (κ3) is 2.75. The number of ether oxygens (including phenoxy) is 1. The van der Waals surface area contributed by atoms with Crippen molar-refractivity contribution in [2.24, 2.45) is 0 Å².